The third-order valence-corrected chi connectivity index (χ3v) is 4.16. The molecular formula is C17H17N3O3S. The topological polar surface area (TPSA) is 81.2 Å². The van der Waals surface area contributed by atoms with E-state index in [4.69, 9.17) is 8.83 Å². The zero-order chi connectivity index (χ0) is 16.9. The van der Waals surface area contributed by atoms with Crippen molar-refractivity contribution in [1.29, 1.82) is 0 Å². The molecule has 124 valence electrons. The van der Waals surface area contributed by atoms with Crippen LogP contribution in [0.4, 0.5) is 0 Å². The lowest BCUT2D eigenvalue weighted by molar-refractivity contribution is -0.119. The minimum absolute atomic E-state index is 0.126. The fourth-order valence-electron chi connectivity index (χ4n) is 2.18. The summed E-state index contributed by atoms with van der Waals surface area (Å²) in [6.45, 7) is 3.87. The first-order valence-electron chi connectivity index (χ1n) is 7.48. The molecule has 0 bridgehead atoms. The van der Waals surface area contributed by atoms with Crippen LogP contribution >= 0.6 is 11.8 Å². The molecule has 0 saturated carbocycles. The minimum atomic E-state index is -0.182. The van der Waals surface area contributed by atoms with E-state index in [1.165, 1.54) is 11.8 Å². The first-order chi connectivity index (χ1) is 11.6. The molecule has 1 atom stereocenters. The number of thioether (sulfide) groups is 1. The Morgan fingerprint density at radius 3 is 2.92 bits per heavy atom. The number of nitrogens with zero attached hydrogens (tertiary/aromatic N) is 2. The van der Waals surface area contributed by atoms with E-state index >= 15 is 0 Å². The summed E-state index contributed by atoms with van der Waals surface area (Å²) >= 11 is 1.20. The largest absolute Gasteiger partial charge is 0.467 e. The van der Waals surface area contributed by atoms with Gasteiger partial charge in [0.15, 0.2) is 0 Å². The molecule has 0 radical (unpaired) electrons. The standard InChI is InChI=1S/C17H17N3O3S/c1-11-5-3-6-13(9-11)16-19-20-17(23-16)24-10-15(21)18-12(2)14-7-4-8-22-14/h3-9,12H,10H2,1-2H3,(H,18,21)/t12-/m0/s1. The maximum absolute atomic E-state index is 12.0. The molecule has 7 heteroatoms. The SMILES string of the molecule is Cc1cccc(-c2nnc(SCC(=O)N[C@@H](C)c3ccco3)o2)c1. The van der Waals surface area contributed by atoms with Crippen LogP contribution in [-0.2, 0) is 4.79 Å². The molecule has 3 rings (SSSR count). The Balaban J connectivity index is 1.54. The van der Waals surface area contributed by atoms with Crippen molar-refractivity contribution in [3.05, 3.63) is 54.0 Å². The van der Waals surface area contributed by atoms with Gasteiger partial charge in [-0.3, -0.25) is 4.79 Å². The summed E-state index contributed by atoms with van der Waals surface area (Å²) in [7, 11) is 0. The van der Waals surface area contributed by atoms with Gasteiger partial charge in [0, 0.05) is 5.56 Å². The average Bonchev–Trinajstić information content (AvgIpc) is 3.25. The van der Waals surface area contributed by atoms with Gasteiger partial charge in [-0.1, -0.05) is 29.5 Å². The van der Waals surface area contributed by atoms with Crippen LogP contribution < -0.4 is 5.32 Å². The Bertz CT molecular complexity index is 814. The van der Waals surface area contributed by atoms with Gasteiger partial charge in [0.2, 0.25) is 11.8 Å². The molecular weight excluding hydrogens is 326 g/mol. The number of furan rings is 1. The number of hydrogen-bond donors (Lipinski definition) is 1. The highest BCUT2D eigenvalue weighted by molar-refractivity contribution is 7.99. The average molecular weight is 343 g/mol. The van der Waals surface area contributed by atoms with Crippen LogP contribution in [0.1, 0.15) is 24.3 Å². The Morgan fingerprint density at radius 1 is 1.29 bits per heavy atom. The maximum Gasteiger partial charge on any atom is 0.277 e. The highest BCUT2D eigenvalue weighted by atomic mass is 32.2. The van der Waals surface area contributed by atoms with E-state index < -0.39 is 0 Å². The van der Waals surface area contributed by atoms with E-state index in [9.17, 15) is 4.79 Å². The summed E-state index contributed by atoms with van der Waals surface area (Å²) in [5, 5.41) is 11.2. The number of aromatic nitrogens is 2. The Kier molecular flexibility index (Phi) is 5.00. The van der Waals surface area contributed by atoms with Crippen LogP contribution in [0, 0.1) is 6.92 Å². The van der Waals surface area contributed by atoms with Crippen molar-refractivity contribution in [2.24, 2.45) is 0 Å². The second-order valence-corrected chi connectivity index (χ2v) is 6.26. The van der Waals surface area contributed by atoms with Gasteiger partial charge in [-0.2, -0.15) is 0 Å². The molecule has 2 aromatic heterocycles. The van der Waals surface area contributed by atoms with Crippen molar-refractivity contribution < 1.29 is 13.6 Å². The molecule has 0 spiro atoms. The van der Waals surface area contributed by atoms with E-state index in [1.54, 1.807) is 12.3 Å². The number of carbonyl (C=O) groups is 1. The van der Waals surface area contributed by atoms with Gasteiger partial charge in [0.05, 0.1) is 18.1 Å². The van der Waals surface area contributed by atoms with Crippen LogP contribution in [0.2, 0.25) is 0 Å². The molecule has 0 unspecified atom stereocenters. The van der Waals surface area contributed by atoms with Crippen molar-refractivity contribution >= 4 is 17.7 Å². The third-order valence-electron chi connectivity index (χ3n) is 3.35. The quantitative estimate of drug-likeness (QED) is 0.689. The van der Waals surface area contributed by atoms with Crippen LogP contribution in [0.5, 0.6) is 0 Å². The molecule has 0 aliphatic carbocycles. The summed E-state index contributed by atoms with van der Waals surface area (Å²) in [6.07, 6.45) is 1.58. The van der Waals surface area contributed by atoms with Crippen LogP contribution in [0.15, 0.2) is 56.7 Å². The van der Waals surface area contributed by atoms with Crippen molar-refractivity contribution in [3.8, 4) is 11.5 Å². The van der Waals surface area contributed by atoms with E-state index in [2.05, 4.69) is 15.5 Å². The molecule has 6 nitrogen and oxygen atoms in total. The van der Waals surface area contributed by atoms with Gasteiger partial charge in [-0.15, -0.1) is 10.2 Å². The fourth-order valence-corrected chi connectivity index (χ4v) is 2.76. The second kappa shape index (κ2) is 7.35. The van der Waals surface area contributed by atoms with E-state index in [1.807, 2.05) is 44.2 Å². The van der Waals surface area contributed by atoms with Gasteiger partial charge in [0.1, 0.15) is 5.76 Å². The first kappa shape index (κ1) is 16.3. The molecule has 1 N–H and O–H groups in total. The number of aryl methyl sites for hydroxylation is 1. The number of hydrogen-bond acceptors (Lipinski definition) is 6. The number of nitrogens with one attached hydrogen (secondary N) is 1. The van der Waals surface area contributed by atoms with Crippen molar-refractivity contribution in [2.45, 2.75) is 25.1 Å². The van der Waals surface area contributed by atoms with E-state index in [-0.39, 0.29) is 17.7 Å². The lowest BCUT2D eigenvalue weighted by Crippen LogP contribution is -2.27. The highest BCUT2D eigenvalue weighted by Gasteiger charge is 2.14. The third kappa shape index (κ3) is 4.05. The van der Waals surface area contributed by atoms with Gasteiger partial charge < -0.3 is 14.2 Å². The smallest absolute Gasteiger partial charge is 0.277 e. The minimum Gasteiger partial charge on any atom is -0.467 e. The summed E-state index contributed by atoms with van der Waals surface area (Å²) < 4.78 is 10.9. The molecule has 3 aromatic rings. The second-order valence-electron chi connectivity index (χ2n) is 5.34. The molecule has 1 amide bonds. The predicted molar refractivity (Wildman–Crippen MR) is 90.5 cm³/mol. The van der Waals surface area contributed by atoms with Crippen molar-refractivity contribution in [3.63, 3.8) is 0 Å². The number of rotatable bonds is 6. The summed E-state index contributed by atoms with van der Waals surface area (Å²) in [6, 6.07) is 11.2. The Hall–Kier alpha value is -2.54. The Labute approximate surface area is 143 Å². The normalized spacial score (nSPS) is 12.1. The number of benzene rings is 1. The molecule has 0 aliphatic heterocycles. The van der Waals surface area contributed by atoms with Crippen LogP contribution in [0.3, 0.4) is 0 Å². The van der Waals surface area contributed by atoms with Crippen LogP contribution in [-0.4, -0.2) is 21.9 Å². The number of carbonyl (C=O) groups excluding carboxylic acids is 1. The van der Waals surface area contributed by atoms with Crippen LogP contribution in [0.25, 0.3) is 11.5 Å². The van der Waals surface area contributed by atoms with Gasteiger partial charge in [-0.25, -0.2) is 0 Å². The zero-order valence-electron chi connectivity index (χ0n) is 13.4. The first-order valence-corrected chi connectivity index (χ1v) is 8.46. The monoisotopic (exact) mass is 343 g/mol. The molecule has 0 saturated heterocycles. The van der Waals surface area contributed by atoms with Gasteiger partial charge in [-0.05, 0) is 38.1 Å². The van der Waals surface area contributed by atoms with Crippen molar-refractivity contribution in [2.75, 3.05) is 5.75 Å². The molecule has 2 heterocycles. The van der Waals surface area contributed by atoms with Gasteiger partial charge in [0.25, 0.3) is 5.22 Å². The molecule has 0 fully saturated rings. The summed E-state index contributed by atoms with van der Waals surface area (Å²) in [4.78, 5) is 12.0. The highest BCUT2D eigenvalue weighted by Crippen LogP contribution is 2.23. The summed E-state index contributed by atoms with van der Waals surface area (Å²) in [5.41, 5.74) is 1.98. The summed E-state index contributed by atoms with van der Waals surface area (Å²) in [5.74, 6) is 1.23. The van der Waals surface area contributed by atoms with E-state index in [0.29, 0.717) is 16.9 Å². The van der Waals surface area contributed by atoms with Gasteiger partial charge >= 0.3 is 0 Å². The maximum atomic E-state index is 12.0. The zero-order valence-corrected chi connectivity index (χ0v) is 14.2. The predicted octanol–water partition coefficient (Wildman–Crippen LogP) is 3.61. The Morgan fingerprint density at radius 2 is 2.17 bits per heavy atom. The fraction of sp³-hybridized carbons (Fsp3) is 0.235. The molecule has 24 heavy (non-hydrogen) atoms. The molecule has 0 aliphatic rings. The molecule has 1 aromatic carbocycles. The lowest BCUT2D eigenvalue weighted by atomic mass is 10.1. The lowest BCUT2D eigenvalue weighted by Gasteiger charge is -2.10. The van der Waals surface area contributed by atoms with E-state index in [0.717, 1.165) is 11.1 Å². The number of amides is 1. The van der Waals surface area contributed by atoms with Crippen molar-refractivity contribution in [1.82, 2.24) is 15.5 Å².